The van der Waals surface area contributed by atoms with Crippen LogP contribution in [0.3, 0.4) is 0 Å². The van der Waals surface area contributed by atoms with Crippen LogP contribution >= 0.6 is 23.8 Å². The van der Waals surface area contributed by atoms with Crippen LogP contribution < -0.4 is 15.4 Å². The highest BCUT2D eigenvalue weighted by Crippen LogP contribution is 2.25. The molecule has 2 aromatic carbocycles. The van der Waals surface area contributed by atoms with Crippen LogP contribution in [-0.2, 0) is 4.74 Å². The Morgan fingerprint density at radius 2 is 1.77 bits per heavy atom. The number of hydrogen-bond acceptors (Lipinski definition) is 5. The van der Waals surface area contributed by atoms with E-state index in [2.05, 4.69) is 15.4 Å². The zero-order valence-corrected chi connectivity index (χ0v) is 15.7. The number of amides is 1. The molecule has 0 aliphatic carbocycles. The van der Waals surface area contributed by atoms with Gasteiger partial charge in [-0.3, -0.25) is 10.1 Å². The number of carbonyl (C=O) groups excluding carboxylic acids is 2. The van der Waals surface area contributed by atoms with Gasteiger partial charge in [-0.2, -0.15) is 0 Å². The molecule has 0 spiro atoms. The average Bonchev–Trinajstić information content (AvgIpc) is 2.63. The van der Waals surface area contributed by atoms with Gasteiger partial charge >= 0.3 is 5.97 Å². The van der Waals surface area contributed by atoms with Crippen molar-refractivity contribution in [3.63, 3.8) is 0 Å². The highest BCUT2D eigenvalue weighted by molar-refractivity contribution is 7.80. The molecule has 0 radical (unpaired) electrons. The number of thiocarbonyl (C=S) groups is 1. The van der Waals surface area contributed by atoms with Gasteiger partial charge in [-0.1, -0.05) is 11.6 Å². The first-order chi connectivity index (χ1) is 12.4. The molecule has 0 heterocycles. The smallest absolute Gasteiger partial charge is 0.337 e. The van der Waals surface area contributed by atoms with Crippen molar-refractivity contribution in [2.45, 2.75) is 6.92 Å². The first kappa shape index (κ1) is 19.7. The molecule has 2 N–H and O–H groups in total. The highest BCUT2D eigenvalue weighted by atomic mass is 35.5. The molecule has 0 atom stereocenters. The second-order valence-electron chi connectivity index (χ2n) is 5.06. The maximum absolute atomic E-state index is 12.2. The molecule has 6 nitrogen and oxygen atoms in total. The lowest BCUT2D eigenvalue weighted by atomic mass is 10.2. The summed E-state index contributed by atoms with van der Waals surface area (Å²) in [4.78, 5) is 23.6. The molecule has 8 heteroatoms. The summed E-state index contributed by atoms with van der Waals surface area (Å²) in [6, 6.07) is 11.2. The zero-order valence-electron chi connectivity index (χ0n) is 14.2. The predicted octanol–water partition coefficient (Wildman–Crippen LogP) is 3.65. The molecule has 0 aliphatic heterocycles. The number of anilines is 1. The molecule has 0 aromatic heterocycles. The average molecular weight is 393 g/mol. The molecule has 0 saturated carbocycles. The Morgan fingerprint density at radius 3 is 2.35 bits per heavy atom. The number of carbonyl (C=O) groups is 2. The lowest BCUT2D eigenvalue weighted by Crippen LogP contribution is -2.34. The summed E-state index contributed by atoms with van der Waals surface area (Å²) in [5.74, 6) is -0.324. The van der Waals surface area contributed by atoms with Crippen LogP contribution in [0.5, 0.6) is 5.75 Å². The van der Waals surface area contributed by atoms with Crippen molar-refractivity contribution < 1.29 is 19.1 Å². The summed E-state index contributed by atoms with van der Waals surface area (Å²) in [7, 11) is 1.31. The van der Waals surface area contributed by atoms with Gasteiger partial charge in [-0.05, 0) is 61.6 Å². The Labute approximate surface area is 161 Å². The number of ether oxygens (including phenoxy) is 2. The zero-order chi connectivity index (χ0) is 19.1. The number of methoxy groups -OCH3 is 1. The van der Waals surface area contributed by atoms with Crippen LogP contribution in [0.25, 0.3) is 0 Å². The molecule has 0 aliphatic rings. The van der Waals surface area contributed by atoms with Gasteiger partial charge in [0.15, 0.2) is 5.11 Å². The molecular formula is C18H17ClN2O4S. The Hall–Kier alpha value is -2.64. The summed E-state index contributed by atoms with van der Waals surface area (Å²) < 4.78 is 9.96. The lowest BCUT2D eigenvalue weighted by molar-refractivity contribution is 0.0600. The van der Waals surface area contributed by atoms with E-state index >= 15 is 0 Å². The fraction of sp³-hybridized carbons (Fsp3) is 0.167. The van der Waals surface area contributed by atoms with Crippen molar-refractivity contribution in [2.75, 3.05) is 19.0 Å². The first-order valence-electron chi connectivity index (χ1n) is 7.67. The number of esters is 1. The van der Waals surface area contributed by atoms with Crippen LogP contribution in [-0.4, -0.2) is 30.7 Å². The molecule has 1 amide bonds. The number of rotatable bonds is 5. The monoisotopic (exact) mass is 392 g/mol. The Morgan fingerprint density at radius 1 is 1.12 bits per heavy atom. The molecule has 0 unspecified atom stereocenters. The third-order valence-corrected chi connectivity index (χ3v) is 3.78. The number of halogens is 1. The maximum Gasteiger partial charge on any atom is 0.337 e. The van der Waals surface area contributed by atoms with Gasteiger partial charge in [0.25, 0.3) is 5.91 Å². The van der Waals surface area contributed by atoms with E-state index in [1.54, 1.807) is 36.4 Å². The van der Waals surface area contributed by atoms with Crippen molar-refractivity contribution in [1.82, 2.24) is 5.32 Å². The van der Waals surface area contributed by atoms with Crippen molar-refractivity contribution in [3.8, 4) is 5.75 Å². The number of nitrogens with one attached hydrogen (secondary N) is 2. The molecule has 0 fully saturated rings. The molecular weight excluding hydrogens is 376 g/mol. The normalized spacial score (nSPS) is 9.96. The van der Waals surface area contributed by atoms with Crippen LogP contribution in [0.1, 0.15) is 27.6 Å². The SMILES string of the molecule is CCOc1ccc(C(=O)NC(=S)Nc2ccc(C(=O)OC)cc2)cc1Cl. The van der Waals surface area contributed by atoms with Gasteiger partial charge in [0.2, 0.25) is 0 Å². The second kappa shape index (κ2) is 9.17. The van der Waals surface area contributed by atoms with E-state index < -0.39 is 11.9 Å². The quantitative estimate of drug-likeness (QED) is 0.597. The standard InChI is InChI=1S/C18H17ClN2O4S/c1-3-25-15-9-6-12(10-14(15)19)16(22)21-18(26)20-13-7-4-11(5-8-13)17(23)24-2/h4-10H,3H2,1-2H3,(H2,20,21,22,26). The molecule has 136 valence electrons. The summed E-state index contributed by atoms with van der Waals surface area (Å²) >= 11 is 11.2. The molecule has 2 rings (SSSR count). The summed E-state index contributed by atoms with van der Waals surface area (Å²) in [6.45, 7) is 2.33. The van der Waals surface area contributed by atoms with Gasteiger partial charge in [-0.25, -0.2) is 4.79 Å². The fourth-order valence-corrected chi connectivity index (χ4v) is 2.51. The maximum atomic E-state index is 12.2. The van der Waals surface area contributed by atoms with Crippen LogP contribution in [0.15, 0.2) is 42.5 Å². The van der Waals surface area contributed by atoms with Gasteiger partial charge < -0.3 is 14.8 Å². The minimum Gasteiger partial charge on any atom is -0.492 e. The minimum absolute atomic E-state index is 0.117. The van der Waals surface area contributed by atoms with E-state index in [0.717, 1.165) is 0 Å². The topological polar surface area (TPSA) is 76.7 Å². The first-order valence-corrected chi connectivity index (χ1v) is 8.46. The number of benzene rings is 2. The third kappa shape index (κ3) is 5.18. The molecule has 26 heavy (non-hydrogen) atoms. The van der Waals surface area contributed by atoms with E-state index in [0.29, 0.717) is 34.2 Å². The highest BCUT2D eigenvalue weighted by Gasteiger charge is 2.11. The van der Waals surface area contributed by atoms with Gasteiger partial charge in [-0.15, -0.1) is 0 Å². The van der Waals surface area contributed by atoms with Crippen LogP contribution in [0.4, 0.5) is 5.69 Å². The Bertz CT molecular complexity index is 824. The van der Waals surface area contributed by atoms with E-state index in [-0.39, 0.29) is 5.11 Å². The Kier molecular flexibility index (Phi) is 6.94. The van der Waals surface area contributed by atoms with Gasteiger partial charge in [0.1, 0.15) is 5.75 Å². The van der Waals surface area contributed by atoms with E-state index in [1.165, 1.54) is 13.2 Å². The van der Waals surface area contributed by atoms with Gasteiger partial charge in [0, 0.05) is 11.3 Å². The van der Waals surface area contributed by atoms with Crippen molar-refractivity contribution >= 4 is 46.5 Å². The Balaban J connectivity index is 1.97. The van der Waals surface area contributed by atoms with E-state index in [4.69, 9.17) is 28.6 Å². The van der Waals surface area contributed by atoms with Gasteiger partial charge in [0.05, 0.1) is 24.3 Å². The van der Waals surface area contributed by atoms with E-state index in [9.17, 15) is 9.59 Å². The van der Waals surface area contributed by atoms with Crippen molar-refractivity contribution in [3.05, 3.63) is 58.6 Å². The molecule has 2 aromatic rings. The largest absolute Gasteiger partial charge is 0.492 e. The summed E-state index contributed by atoms with van der Waals surface area (Å²) in [5, 5.41) is 5.89. The predicted molar refractivity (Wildman–Crippen MR) is 104 cm³/mol. The summed E-state index contributed by atoms with van der Waals surface area (Å²) in [5.41, 5.74) is 1.38. The van der Waals surface area contributed by atoms with Crippen molar-refractivity contribution in [2.24, 2.45) is 0 Å². The molecule has 0 bridgehead atoms. The fourth-order valence-electron chi connectivity index (χ4n) is 2.06. The van der Waals surface area contributed by atoms with Crippen LogP contribution in [0, 0.1) is 0 Å². The second-order valence-corrected chi connectivity index (χ2v) is 5.87. The minimum atomic E-state index is -0.431. The summed E-state index contributed by atoms with van der Waals surface area (Å²) in [6.07, 6.45) is 0. The lowest BCUT2D eigenvalue weighted by Gasteiger charge is -2.11. The van der Waals surface area contributed by atoms with Crippen molar-refractivity contribution in [1.29, 1.82) is 0 Å². The third-order valence-electron chi connectivity index (χ3n) is 3.28. The molecule has 0 saturated heterocycles. The van der Waals surface area contributed by atoms with Crippen LogP contribution in [0.2, 0.25) is 5.02 Å². The van der Waals surface area contributed by atoms with E-state index in [1.807, 2.05) is 6.92 Å². The number of hydrogen-bond donors (Lipinski definition) is 2.